The van der Waals surface area contributed by atoms with E-state index in [4.69, 9.17) is 37.9 Å². The molecule has 0 aromatic carbocycles. The number of aliphatic hydroxyl groups excluding tert-OH is 1. The average molecular weight is 635 g/mol. The zero-order valence-electron chi connectivity index (χ0n) is 25.3. The SMILES string of the molecule is CC(=O)N[C@@H]1[C@@H](OC(C)=O)[C@@H](OC(C)=O)[C@@H](CO[C@@H]2O[C@H](COC(C)=O)[C@@H](OC(C)=O)[C@H](OC(C)=O)[C@H]2NC(C)=O)O[C@H]1O. The lowest BCUT2D eigenvalue weighted by atomic mass is 9.95. The number of rotatable bonds is 11. The molecule has 18 nitrogen and oxygen atoms in total. The topological polar surface area (TPSA) is 238 Å². The van der Waals surface area contributed by atoms with Crippen LogP contribution >= 0.6 is 0 Å². The molecule has 3 N–H and O–H groups in total. The predicted molar refractivity (Wildman–Crippen MR) is 140 cm³/mol. The largest absolute Gasteiger partial charge is 0.463 e. The molecule has 0 aliphatic carbocycles. The van der Waals surface area contributed by atoms with Gasteiger partial charge in [-0.1, -0.05) is 0 Å². The summed E-state index contributed by atoms with van der Waals surface area (Å²) in [5.41, 5.74) is 0. The zero-order chi connectivity index (χ0) is 33.3. The number of carbonyl (C=O) groups is 7. The Balaban J connectivity index is 2.48. The minimum atomic E-state index is -1.78. The van der Waals surface area contributed by atoms with Crippen LogP contribution in [0.15, 0.2) is 0 Å². The first-order valence-electron chi connectivity index (χ1n) is 13.5. The number of hydrogen-bond acceptors (Lipinski definition) is 16. The van der Waals surface area contributed by atoms with Crippen LogP contribution in [0.1, 0.15) is 48.5 Å². The van der Waals surface area contributed by atoms with Crippen LogP contribution < -0.4 is 10.6 Å². The highest BCUT2D eigenvalue weighted by atomic mass is 16.7. The van der Waals surface area contributed by atoms with Crippen LogP contribution in [-0.4, -0.2) is 121 Å². The molecule has 44 heavy (non-hydrogen) atoms. The van der Waals surface area contributed by atoms with E-state index in [9.17, 15) is 38.7 Å². The van der Waals surface area contributed by atoms with Gasteiger partial charge in [-0.3, -0.25) is 33.6 Å². The summed E-state index contributed by atoms with van der Waals surface area (Å²) in [4.78, 5) is 83.4. The molecule has 0 aromatic heterocycles. The third-order valence-electron chi connectivity index (χ3n) is 6.14. The van der Waals surface area contributed by atoms with Crippen molar-refractivity contribution < 1.29 is 76.6 Å². The molecule has 2 heterocycles. The van der Waals surface area contributed by atoms with Crippen molar-refractivity contribution in [2.45, 2.75) is 110 Å². The van der Waals surface area contributed by atoms with E-state index in [1.807, 2.05) is 0 Å². The molecule has 2 rings (SSSR count). The van der Waals surface area contributed by atoms with E-state index in [1.165, 1.54) is 0 Å². The highest BCUT2D eigenvalue weighted by molar-refractivity contribution is 5.74. The van der Waals surface area contributed by atoms with Crippen LogP contribution in [0.5, 0.6) is 0 Å². The predicted octanol–water partition coefficient (Wildman–Crippen LogP) is -2.26. The maximum absolute atomic E-state index is 12.2. The number of hydrogen-bond donors (Lipinski definition) is 3. The monoisotopic (exact) mass is 634 g/mol. The van der Waals surface area contributed by atoms with Gasteiger partial charge < -0.3 is 53.6 Å². The number of nitrogens with one attached hydrogen (secondary N) is 2. The van der Waals surface area contributed by atoms with Crippen LogP contribution in [0.3, 0.4) is 0 Å². The lowest BCUT2D eigenvalue weighted by molar-refractivity contribution is -0.302. The maximum atomic E-state index is 12.2. The van der Waals surface area contributed by atoms with Gasteiger partial charge in [-0.25, -0.2) is 0 Å². The van der Waals surface area contributed by atoms with Crippen molar-refractivity contribution in [1.82, 2.24) is 10.6 Å². The Morgan fingerprint density at radius 2 is 0.977 bits per heavy atom. The van der Waals surface area contributed by atoms with Crippen molar-refractivity contribution in [2.24, 2.45) is 0 Å². The van der Waals surface area contributed by atoms with Crippen molar-refractivity contribution in [3.63, 3.8) is 0 Å². The van der Waals surface area contributed by atoms with Crippen LogP contribution in [0, 0.1) is 0 Å². The highest BCUT2D eigenvalue weighted by Gasteiger charge is 2.53. The first-order valence-corrected chi connectivity index (χ1v) is 13.5. The summed E-state index contributed by atoms with van der Waals surface area (Å²) in [7, 11) is 0. The minimum absolute atomic E-state index is 0.487. The Kier molecular flexibility index (Phi) is 13.4. The van der Waals surface area contributed by atoms with Crippen molar-refractivity contribution in [3.05, 3.63) is 0 Å². The fraction of sp³-hybridized carbons (Fsp3) is 0.731. The van der Waals surface area contributed by atoms with Gasteiger partial charge in [0.25, 0.3) is 0 Å². The lowest BCUT2D eigenvalue weighted by Gasteiger charge is -2.46. The molecule has 248 valence electrons. The molecule has 2 aliphatic heterocycles. The van der Waals surface area contributed by atoms with Gasteiger partial charge in [-0.05, 0) is 0 Å². The fourth-order valence-corrected chi connectivity index (χ4v) is 4.73. The van der Waals surface area contributed by atoms with E-state index in [-0.39, 0.29) is 0 Å². The number of esters is 5. The average Bonchev–Trinajstić information content (AvgIpc) is 2.87. The first kappa shape index (κ1) is 36.3. The van der Waals surface area contributed by atoms with Crippen molar-refractivity contribution in [3.8, 4) is 0 Å². The second-order valence-corrected chi connectivity index (χ2v) is 9.99. The summed E-state index contributed by atoms with van der Waals surface area (Å²) in [6.07, 6.45) is -11.6. The summed E-state index contributed by atoms with van der Waals surface area (Å²) in [5, 5.41) is 15.6. The molecule has 0 unspecified atom stereocenters. The molecule has 0 radical (unpaired) electrons. The highest BCUT2D eigenvalue weighted by Crippen LogP contribution is 2.30. The van der Waals surface area contributed by atoms with Crippen molar-refractivity contribution >= 4 is 41.7 Å². The van der Waals surface area contributed by atoms with Crippen LogP contribution in [0.4, 0.5) is 0 Å². The maximum Gasteiger partial charge on any atom is 0.303 e. The summed E-state index contributed by atoms with van der Waals surface area (Å²) < 4.78 is 43.8. The van der Waals surface area contributed by atoms with Crippen LogP contribution in [0.25, 0.3) is 0 Å². The molecular weight excluding hydrogens is 596 g/mol. The van der Waals surface area contributed by atoms with E-state index in [2.05, 4.69) is 10.6 Å². The van der Waals surface area contributed by atoms with Crippen LogP contribution in [-0.2, 0) is 71.5 Å². The Bertz CT molecular complexity index is 1100. The molecule has 2 saturated heterocycles. The second kappa shape index (κ2) is 16.3. The molecule has 0 spiro atoms. The quantitative estimate of drug-likeness (QED) is 0.161. The van der Waals surface area contributed by atoms with Crippen LogP contribution in [0.2, 0.25) is 0 Å². The van der Waals surface area contributed by atoms with Gasteiger partial charge in [0, 0.05) is 48.5 Å². The molecule has 0 saturated carbocycles. The fourth-order valence-electron chi connectivity index (χ4n) is 4.73. The van der Waals surface area contributed by atoms with Gasteiger partial charge in [0.2, 0.25) is 11.8 Å². The van der Waals surface area contributed by atoms with E-state index in [0.717, 1.165) is 48.5 Å². The Morgan fingerprint density at radius 3 is 1.41 bits per heavy atom. The number of ether oxygens (including phenoxy) is 8. The summed E-state index contributed by atoms with van der Waals surface area (Å²) in [6, 6.07) is -2.67. The first-order chi connectivity index (χ1) is 20.5. The third-order valence-corrected chi connectivity index (χ3v) is 6.14. The second-order valence-electron chi connectivity index (χ2n) is 9.99. The van der Waals surface area contributed by atoms with E-state index in [0.29, 0.717) is 0 Å². The molecular formula is C26H38N2O16. The molecule has 2 amide bonds. The smallest absolute Gasteiger partial charge is 0.303 e. The summed E-state index contributed by atoms with van der Waals surface area (Å²) in [5.74, 6) is -5.23. The van der Waals surface area contributed by atoms with Gasteiger partial charge in [0.05, 0.1) is 6.61 Å². The normalized spacial score (nSPS) is 31.5. The van der Waals surface area contributed by atoms with E-state index in [1.54, 1.807) is 0 Å². The zero-order valence-corrected chi connectivity index (χ0v) is 25.3. The molecule has 2 fully saturated rings. The van der Waals surface area contributed by atoms with Gasteiger partial charge in [0.15, 0.2) is 37.0 Å². The Morgan fingerprint density at radius 1 is 0.568 bits per heavy atom. The lowest BCUT2D eigenvalue weighted by Crippen LogP contribution is -2.68. The molecule has 0 bridgehead atoms. The molecule has 0 aromatic rings. The number of carbonyl (C=O) groups excluding carboxylic acids is 7. The third kappa shape index (κ3) is 10.7. The summed E-state index contributed by atoms with van der Waals surface area (Å²) >= 11 is 0. The molecule has 18 heteroatoms. The van der Waals surface area contributed by atoms with Gasteiger partial charge in [0.1, 0.15) is 30.9 Å². The Hall–Kier alpha value is -3.87. The standard InChI is InChI=1S/C26H38N2O16/c1-10(29)27-19-23(41-15(6)34)21(39-13(4)32)17(43-25(19)36)9-38-26-20(28-11(2)30)24(42-16(7)35)22(40-14(5)33)18(44-26)8-37-12(3)31/h17-26,36H,8-9H2,1-7H3,(H,27,29)(H,28,30)/t17-,18-,19-,20-,21+,22-,23-,24-,25-,26-/m1/s1. The van der Waals surface area contributed by atoms with Gasteiger partial charge in [-0.2, -0.15) is 0 Å². The minimum Gasteiger partial charge on any atom is -0.463 e. The van der Waals surface area contributed by atoms with Crippen molar-refractivity contribution in [2.75, 3.05) is 13.2 Å². The van der Waals surface area contributed by atoms with Gasteiger partial charge >= 0.3 is 29.8 Å². The van der Waals surface area contributed by atoms with E-state index >= 15 is 0 Å². The van der Waals surface area contributed by atoms with Crippen molar-refractivity contribution in [1.29, 1.82) is 0 Å². The van der Waals surface area contributed by atoms with E-state index < -0.39 is 116 Å². The number of amides is 2. The molecule has 2 aliphatic rings. The number of aliphatic hydroxyl groups is 1. The Labute approximate surface area is 252 Å². The van der Waals surface area contributed by atoms with Gasteiger partial charge in [-0.15, -0.1) is 0 Å². The summed E-state index contributed by atoms with van der Waals surface area (Å²) in [6.45, 7) is 6.64. The molecule has 10 atom stereocenters.